The number of benzene rings is 2. The van der Waals surface area contributed by atoms with Crippen molar-refractivity contribution in [2.24, 2.45) is 0 Å². The minimum absolute atomic E-state index is 0.00709. The van der Waals surface area contributed by atoms with Crippen LogP contribution in [0.25, 0.3) is 0 Å². The van der Waals surface area contributed by atoms with Crippen molar-refractivity contribution in [2.45, 2.75) is 31.6 Å². The molecule has 2 aromatic carbocycles. The fourth-order valence-corrected chi connectivity index (χ4v) is 3.81. The van der Waals surface area contributed by atoms with Crippen molar-refractivity contribution in [3.8, 4) is 11.8 Å². The number of carbonyl (C=O) groups is 2. The lowest BCUT2D eigenvalue weighted by molar-refractivity contribution is -0.132. The van der Waals surface area contributed by atoms with Crippen LogP contribution in [0.4, 0.5) is 5.69 Å². The van der Waals surface area contributed by atoms with Crippen molar-refractivity contribution in [2.75, 3.05) is 31.6 Å². The Morgan fingerprint density at radius 3 is 2.53 bits per heavy atom. The molecule has 0 spiro atoms. The molecule has 1 unspecified atom stereocenters. The van der Waals surface area contributed by atoms with Crippen molar-refractivity contribution in [1.29, 1.82) is 5.26 Å². The molecular weight excluding hydrogens is 378 g/mol. The van der Waals surface area contributed by atoms with Crippen molar-refractivity contribution in [3.63, 3.8) is 0 Å². The zero-order valence-electron chi connectivity index (χ0n) is 17.3. The standard InChI is InChI=1S/C24H27N3O3/c1-30-22-10-8-19(9-11-22)20-14-17-26(18-20)23(28)12-13-24(29)27(16-5-15-25)21-6-3-2-4-7-21/h2-4,6-11,20H,5,12-14,16-18H2,1H3. The van der Waals surface area contributed by atoms with Crippen molar-refractivity contribution >= 4 is 17.5 Å². The summed E-state index contributed by atoms with van der Waals surface area (Å²) < 4.78 is 5.20. The molecule has 156 valence electrons. The van der Waals surface area contributed by atoms with Gasteiger partial charge in [0.15, 0.2) is 0 Å². The van der Waals surface area contributed by atoms with Gasteiger partial charge in [0.05, 0.1) is 19.6 Å². The SMILES string of the molecule is COc1ccc(C2CCN(C(=O)CCC(=O)N(CCC#N)c3ccccc3)C2)cc1. The van der Waals surface area contributed by atoms with E-state index >= 15 is 0 Å². The van der Waals surface area contributed by atoms with Crippen LogP contribution in [0.3, 0.4) is 0 Å². The van der Waals surface area contributed by atoms with Gasteiger partial charge in [0.2, 0.25) is 11.8 Å². The average Bonchev–Trinajstić information content (AvgIpc) is 3.29. The summed E-state index contributed by atoms with van der Waals surface area (Å²) in [5, 5.41) is 8.90. The number of anilines is 1. The molecule has 1 aliphatic rings. The van der Waals surface area contributed by atoms with Crippen LogP contribution in [0, 0.1) is 11.3 Å². The van der Waals surface area contributed by atoms with Crippen LogP contribution in [0.15, 0.2) is 54.6 Å². The summed E-state index contributed by atoms with van der Waals surface area (Å²) in [5.41, 5.74) is 1.96. The first kappa shape index (κ1) is 21.4. The smallest absolute Gasteiger partial charge is 0.227 e. The summed E-state index contributed by atoms with van der Waals surface area (Å²) in [6.45, 7) is 1.72. The summed E-state index contributed by atoms with van der Waals surface area (Å²) in [6, 6.07) is 19.4. The number of ether oxygens (including phenoxy) is 1. The fraction of sp³-hybridized carbons (Fsp3) is 0.375. The molecule has 3 rings (SSSR count). The molecule has 6 heteroatoms. The number of rotatable bonds is 8. The zero-order chi connectivity index (χ0) is 21.3. The maximum atomic E-state index is 12.7. The van der Waals surface area contributed by atoms with E-state index in [0.717, 1.165) is 17.9 Å². The first-order chi connectivity index (χ1) is 14.6. The Morgan fingerprint density at radius 2 is 1.87 bits per heavy atom. The summed E-state index contributed by atoms with van der Waals surface area (Å²) >= 11 is 0. The minimum atomic E-state index is -0.129. The Hall–Kier alpha value is -3.33. The summed E-state index contributed by atoms with van der Waals surface area (Å²) in [5.74, 6) is 1.01. The van der Waals surface area contributed by atoms with Gasteiger partial charge in [-0.2, -0.15) is 5.26 Å². The number of likely N-dealkylation sites (tertiary alicyclic amines) is 1. The lowest BCUT2D eigenvalue weighted by Crippen LogP contribution is -2.34. The van der Waals surface area contributed by atoms with Crippen LogP contribution in [0.1, 0.15) is 37.2 Å². The van der Waals surface area contributed by atoms with Crippen LogP contribution < -0.4 is 9.64 Å². The number of carbonyl (C=O) groups excluding carboxylic acids is 2. The van der Waals surface area contributed by atoms with E-state index in [-0.39, 0.29) is 31.1 Å². The Morgan fingerprint density at radius 1 is 1.13 bits per heavy atom. The molecular formula is C24H27N3O3. The second-order valence-electron chi connectivity index (χ2n) is 7.39. The maximum Gasteiger partial charge on any atom is 0.227 e. The number of nitriles is 1. The number of hydrogen-bond donors (Lipinski definition) is 0. The van der Waals surface area contributed by atoms with Gasteiger partial charge in [-0.3, -0.25) is 9.59 Å². The largest absolute Gasteiger partial charge is 0.497 e. The van der Waals surface area contributed by atoms with E-state index < -0.39 is 0 Å². The normalized spacial score (nSPS) is 15.5. The number of hydrogen-bond acceptors (Lipinski definition) is 4. The third-order valence-corrected chi connectivity index (χ3v) is 5.50. The number of amides is 2. The van der Waals surface area contributed by atoms with Gasteiger partial charge in [-0.15, -0.1) is 0 Å². The molecule has 30 heavy (non-hydrogen) atoms. The molecule has 0 radical (unpaired) electrons. The van der Waals surface area contributed by atoms with E-state index in [1.54, 1.807) is 12.0 Å². The topological polar surface area (TPSA) is 73.6 Å². The lowest BCUT2D eigenvalue weighted by Gasteiger charge is -2.22. The average molecular weight is 405 g/mol. The van der Waals surface area contributed by atoms with Crippen LogP contribution in [-0.4, -0.2) is 43.5 Å². The molecule has 0 aliphatic carbocycles. The van der Waals surface area contributed by atoms with Gasteiger partial charge in [0.25, 0.3) is 0 Å². The van der Waals surface area contributed by atoms with Gasteiger partial charge in [0, 0.05) is 44.1 Å². The molecule has 0 bridgehead atoms. The van der Waals surface area contributed by atoms with Gasteiger partial charge < -0.3 is 14.5 Å². The molecule has 2 aromatic rings. The highest BCUT2D eigenvalue weighted by Crippen LogP contribution is 2.29. The second-order valence-corrected chi connectivity index (χ2v) is 7.39. The molecule has 0 N–H and O–H groups in total. The van der Waals surface area contributed by atoms with Crippen molar-refractivity contribution in [3.05, 3.63) is 60.2 Å². The Bertz CT molecular complexity index is 890. The summed E-state index contributed by atoms with van der Waals surface area (Å²) in [7, 11) is 1.64. The zero-order valence-corrected chi connectivity index (χ0v) is 17.3. The monoisotopic (exact) mass is 405 g/mol. The van der Waals surface area contributed by atoms with Gasteiger partial charge in [0.1, 0.15) is 5.75 Å². The first-order valence-corrected chi connectivity index (χ1v) is 10.3. The number of para-hydroxylation sites is 1. The molecule has 1 fully saturated rings. The van der Waals surface area contributed by atoms with E-state index in [1.165, 1.54) is 5.56 Å². The van der Waals surface area contributed by atoms with Crippen LogP contribution in [-0.2, 0) is 9.59 Å². The highest BCUT2D eigenvalue weighted by Gasteiger charge is 2.28. The van der Waals surface area contributed by atoms with Gasteiger partial charge >= 0.3 is 0 Å². The third kappa shape index (κ3) is 5.38. The van der Waals surface area contributed by atoms with E-state index in [1.807, 2.05) is 59.5 Å². The van der Waals surface area contributed by atoms with Crippen LogP contribution >= 0.6 is 0 Å². The Balaban J connectivity index is 1.54. The molecule has 1 atom stereocenters. The quantitative estimate of drug-likeness (QED) is 0.671. The second kappa shape index (κ2) is 10.4. The molecule has 0 saturated carbocycles. The summed E-state index contributed by atoms with van der Waals surface area (Å²) in [4.78, 5) is 28.9. The number of nitrogens with zero attached hydrogens (tertiary/aromatic N) is 3. The Kier molecular flexibility index (Phi) is 7.45. The fourth-order valence-electron chi connectivity index (χ4n) is 3.81. The highest BCUT2D eigenvalue weighted by atomic mass is 16.5. The Labute approximate surface area is 177 Å². The molecule has 2 amide bonds. The molecule has 1 saturated heterocycles. The third-order valence-electron chi connectivity index (χ3n) is 5.50. The van der Waals surface area contributed by atoms with Crippen LogP contribution in [0.2, 0.25) is 0 Å². The highest BCUT2D eigenvalue weighted by molar-refractivity contribution is 5.95. The molecule has 6 nitrogen and oxygen atoms in total. The molecule has 1 aliphatic heterocycles. The number of methoxy groups -OCH3 is 1. The van der Waals surface area contributed by atoms with Crippen LogP contribution in [0.5, 0.6) is 5.75 Å². The summed E-state index contributed by atoms with van der Waals surface area (Å²) in [6.07, 6.45) is 1.50. The van der Waals surface area contributed by atoms with E-state index in [0.29, 0.717) is 25.6 Å². The van der Waals surface area contributed by atoms with Crippen molar-refractivity contribution in [1.82, 2.24) is 4.90 Å². The van der Waals surface area contributed by atoms with E-state index in [4.69, 9.17) is 10.00 Å². The molecule has 0 aromatic heterocycles. The van der Waals surface area contributed by atoms with Crippen molar-refractivity contribution < 1.29 is 14.3 Å². The maximum absolute atomic E-state index is 12.7. The minimum Gasteiger partial charge on any atom is -0.497 e. The van der Waals surface area contributed by atoms with Gasteiger partial charge in [-0.25, -0.2) is 0 Å². The predicted molar refractivity (Wildman–Crippen MR) is 115 cm³/mol. The predicted octanol–water partition coefficient (Wildman–Crippen LogP) is 3.74. The molecule has 1 heterocycles. The van der Waals surface area contributed by atoms with E-state index in [9.17, 15) is 9.59 Å². The van der Waals surface area contributed by atoms with Gasteiger partial charge in [-0.1, -0.05) is 30.3 Å². The lowest BCUT2D eigenvalue weighted by atomic mass is 9.98. The van der Waals surface area contributed by atoms with Gasteiger partial charge in [-0.05, 0) is 36.2 Å². The van der Waals surface area contributed by atoms with E-state index in [2.05, 4.69) is 6.07 Å². The first-order valence-electron chi connectivity index (χ1n) is 10.3.